The van der Waals surface area contributed by atoms with Crippen LogP contribution in [0, 0.1) is 0 Å². The van der Waals surface area contributed by atoms with Crippen molar-refractivity contribution >= 4 is 39.2 Å². The molecule has 0 unspecified atom stereocenters. The first kappa shape index (κ1) is 16.5. The Morgan fingerprint density at radius 3 is 2.77 bits per heavy atom. The van der Waals surface area contributed by atoms with Crippen molar-refractivity contribution in [2.24, 2.45) is 7.05 Å². The van der Waals surface area contributed by atoms with Crippen LogP contribution in [0.15, 0.2) is 46.7 Å². The van der Waals surface area contributed by atoms with E-state index in [1.165, 1.54) is 27.7 Å². The minimum absolute atomic E-state index is 0.0367. The van der Waals surface area contributed by atoms with Crippen LogP contribution in [0.1, 0.15) is 0 Å². The van der Waals surface area contributed by atoms with Gasteiger partial charge in [-0.25, -0.2) is 4.98 Å². The van der Waals surface area contributed by atoms with Crippen molar-refractivity contribution in [3.05, 3.63) is 47.1 Å². The first-order valence-corrected chi connectivity index (χ1v) is 8.51. The molecule has 0 atom stereocenters. The van der Waals surface area contributed by atoms with Crippen molar-refractivity contribution in [2.75, 3.05) is 18.8 Å². The molecule has 0 aliphatic heterocycles. The third-order valence-corrected chi connectivity index (χ3v) is 4.86. The van der Waals surface area contributed by atoms with Crippen LogP contribution in [0.2, 0.25) is 0 Å². The van der Waals surface area contributed by atoms with Crippen LogP contribution in [0.4, 0.5) is 0 Å². The standard InChI is InChI=1S/C15H17N3O2S2/c1-4-7-18(8-5-2)12(19)10-22-15-16-13-11(6-9-21-13)14(20)17(15)3/h4-6,9H,1-2,7-8,10H2,3H3. The van der Waals surface area contributed by atoms with E-state index in [1.807, 2.05) is 5.38 Å². The number of carbonyl (C=O) groups excluding carboxylic acids is 1. The molecule has 0 bridgehead atoms. The van der Waals surface area contributed by atoms with Gasteiger partial charge >= 0.3 is 0 Å². The fourth-order valence-corrected chi connectivity index (χ4v) is 3.60. The molecule has 2 rings (SSSR count). The summed E-state index contributed by atoms with van der Waals surface area (Å²) in [5, 5.41) is 3.00. The average molecular weight is 335 g/mol. The summed E-state index contributed by atoms with van der Waals surface area (Å²) in [6.07, 6.45) is 3.36. The summed E-state index contributed by atoms with van der Waals surface area (Å²) in [6.45, 7) is 8.24. The number of carbonyl (C=O) groups is 1. The predicted molar refractivity (Wildman–Crippen MR) is 92.6 cm³/mol. The van der Waals surface area contributed by atoms with E-state index in [9.17, 15) is 9.59 Å². The number of hydrogen-bond donors (Lipinski definition) is 0. The van der Waals surface area contributed by atoms with Crippen LogP contribution in [0.3, 0.4) is 0 Å². The molecule has 1 amide bonds. The maximum absolute atomic E-state index is 12.2. The van der Waals surface area contributed by atoms with Crippen molar-refractivity contribution < 1.29 is 4.79 Å². The van der Waals surface area contributed by atoms with Crippen molar-refractivity contribution in [1.29, 1.82) is 0 Å². The lowest BCUT2D eigenvalue weighted by Gasteiger charge is -2.19. The Balaban J connectivity index is 2.15. The molecule has 0 radical (unpaired) electrons. The van der Waals surface area contributed by atoms with Gasteiger partial charge in [0.2, 0.25) is 5.91 Å². The highest BCUT2D eigenvalue weighted by Crippen LogP contribution is 2.20. The maximum atomic E-state index is 12.2. The van der Waals surface area contributed by atoms with Gasteiger partial charge < -0.3 is 4.90 Å². The van der Waals surface area contributed by atoms with Crippen LogP contribution in [-0.2, 0) is 11.8 Å². The fourth-order valence-electron chi connectivity index (χ4n) is 1.92. The van der Waals surface area contributed by atoms with E-state index < -0.39 is 0 Å². The zero-order valence-electron chi connectivity index (χ0n) is 12.3. The molecule has 5 nitrogen and oxygen atoms in total. The first-order chi connectivity index (χ1) is 10.6. The van der Waals surface area contributed by atoms with Crippen molar-refractivity contribution in [3.63, 3.8) is 0 Å². The molecule has 2 heterocycles. The summed E-state index contributed by atoms with van der Waals surface area (Å²) in [7, 11) is 1.67. The summed E-state index contributed by atoms with van der Waals surface area (Å²) in [5.41, 5.74) is -0.0877. The Hall–Kier alpha value is -1.86. The minimum atomic E-state index is -0.0877. The van der Waals surface area contributed by atoms with Gasteiger partial charge in [0, 0.05) is 20.1 Å². The number of fused-ring (bicyclic) bond motifs is 1. The van der Waals surface area contributed by atoms with E-state index in [0.29, 0.717) is 28.5 Å². The summed E-state index contributed by atoms with van der Waals surface area (Å²) < 4.78 is 1.48. The summed E-state index contributed by atoms with van der Waals surface area (Å²) in [4.78, 5) is 31.2. The molecular weight excluding hydrogens is 318 g/mol. The third-order valence-electron chi connectivity index (χ3n) is 3.04. The second-order valence-electron chi connectivity index (χ2n) is 4.56. The van der Waals surface area contributed by atoms with E-state index >= 15 is 0 Å². The van der Waals surface area contributed by atoms with Gasteiger partial charge in [-0.1, -0.05) is 23.9 Å². The van der Waals surface area contributed by atoms with E-state index in [1.54, 1.807) is 30.2 Å². The monoisotopic (exact) mass is 335 g/mol. The largest absolute Gasteiger partial charge is 0.335 e. The quantitative estimate of drug-likeness (QED) is 0.442. The number of aromatic nitrogens is 2. The van der Waals surface area contributed by atoms with Gasteiger partial charge in [0.05, 0.1) is 11.1 Å². The Morgan fingerprint density at radius 1 is 1.45 bits per heavy atom. The second kappa shape index (κ2) is 7.42. The lowest BCUT2D eigenvalue weighted by Crippen LogP contribution is -2.33. The molecule has 0 aliphatic carbocycles. The van der Waals surface area contributed by atoms with E-state index in [0.717, 1.165) is 0 Å². The molecule has 22 heavy (non-hydrogen) atoms. The van der Waals surface area contributed by atoms with Crippen molar-refractivity contribution in [3.8, 4) is 0 Å². The van der Waals surface area contributed by atoms with Gasteiger partial charge in [-0.15, -0.1) is 24.5 Å². The Bertz CT molecular complexity index is 754. The number of thiophene rings is 1. The molecule has 0 spiro atoms. The zero-order chi connectivity index (χ0) is 16.1. The lowest BCUT2D eigenvalue weighted by molar-refractivity contribution is -0.127. The van der Waals surface area contributed by atoms with Crippen molar-refractivity contribution in [1.82, 2.24) is 14.5 Å². The van der Waals surface area contributed by atoms with Gasteiger partial charge in [0.15, 0.2) is 5.16 Å². The molecule has 116 valence electrons. The molecule has 0 aliphatic rings. The molecule has 0 N–H and O–H groups in total. The molecule has 7 heteroatoms. The zero-order valence-corrected chi connectivity index (χ0v) is 14.0. The molecule has 0 fully saturated rings. The van der Waals surface area contributed by atoms with Gasteiger partial charge in [0.25, 0.3) is 5.56 Å². The highest BCUT2D eigenvalue weighted by molar-refractivity contribution is 7.99. The van der Waals surface area contributed by atoms with Crippen LogP contribution in [0.25, 0.3) is 10.2 Å². The molecule has 2 aromatic heterocycles. The summed E-state index contributed by atoms with van der Waals surface area (Å²) >= 11 is 2.69. The normalized spacial score (nSPS) is 10.6. The highest BCUT2D eigenvalue weighted by atomic mass is 32.2. The molecule has 0 saturated carbocycles. The molecule has 2 aromatic rings. The predicted octanol–water partition coefficient (Wildman–Crippen LogP) is 2.29. The minimum Gasteiger partial charge on any atom is -0.335 e. The second-order valence-corrected chi connectivity index (χ2v) is 6.40. The third kappa shape index (κ3) is 3.48. The van der Waals surface area contributed by atoms with Gasteiger partial charge in [-0.2, -0.15) is 0 Å². The lowest BCUT2D eigenvalue weighted by atomic mass is 10.4. The smallest absolute Gasteiger partial charge is 0.262 e. The molecular formula is C15H17N3O2S2. The van der Waals surface area contributed by atoms with Crippen LogP contribution >= 0.6 is 23.1 Å². The Kier molecular flexibility index (Phi) is 5.57. The highest BCUT2D eigenvalue weighted by Gasteiger charge is 2.14. The topological polar surface area (TPSA) is 55.2 Å². The SMILES string of the molecule is C=CCN(CC=C)C(=O)CSc1nc2sccc2c(=O)n1C. The number of hydrogen-bond acceptors (Lipinski definition) is 5. The van der Waals surface area contributed by atoms with Gasteiger partial charge in [0.1, 0.15) is 4.83 Å². The Morgan fingerprint density at radius 2 is 2.14 bits per heavy atom. The van der Waals surface area contributed by atoms with Crippen LogP contribution < -0.4 is 5.56 Å². The maximum Gasteiger partial charge on any atom is 0.262 e. The van der Waals surface area contributed by atoms with E-state index in [2.05, 4.69) is 18.1 Å². The van der Waals surface area contributed by atoms with E-state index in [4.69, 9.17) is 0 Å². The fraction of sp³-hybridized carbons (Fsp3) is 0.267. The number of thioether (sulfide) groups is 1. The number of nitrogens with zero attached hydrogens (tertiary/aromatic N) is 3. The average Bonchev–Trinajstić information content (AvgIpc) is 2.97. The number of rotatable bonds is 7. The Labute approximate surface area is 137 Å². The summed E-state index contributed by atoms with van der Waals surface area (Å²) in [5.74, 6) is 0.184. The van der Waals surface area contributed by atoms with Gasteiger partial charge in [-0.05, 0) is 11.4 Å². The van der Waals surface area contributed by atoms with Gasteiger partial charge in [-0.3, -0.25) is 14.2 Å². The van der Waals surface area contributed by atoms with Crippen LogP contribution in [0.5, 0.6) is 0 Å². The first-order valence-electron chi connectivity index (χ1n) is 6.65. The number of amides is 1. The van der Waals surface area contributed by atoms with Crippen LogP contribution in [-0.4, -0.2) is 39.2 Å². The molecule has 0 aromatic carbocycles. The molecule has 0 saturated heterocycles. The van der Waals surface area contributed by atoms with E-state index in [-0.39, 0.29) is 17.2 Å². The van der Waals surface area contributed by atoms with Crippen molar-refractivity contribution in [2.45, 2.75) is 5.16 Å². The summed E-state index contributed by atoms with van der Waals surface area (Å²) in [6, 6.07) is 1.77.